The highest BCUT2D eigenvalue weighted by molar-refractivity contribution is 6.29. The third-order valence-corrected chi connectivity index (χ3v) is 2.72. The number of hydrogen-bond acceptors (Lipinski definition) is 4. The van der Waals surface area contributed by atoms with Crippen LogP contribution in [0.5, 0.6) is 5.88 Å². The quantitative estimate of drug-likeness (QED) is 0.729. The second-order valence-electron chi connectivity index (χ2n) is 3.56. The summed E-state index contributed by atoms with van der Waals surface area (Å²) in [5.41, 5.74) is 0. The van der Waals surface area contributed by atoms with E-state index >= 15 is 0 Å². The maximum atomic E-state index is 5.85. The molecule has 2 aromatic rings. The molecule has 15 heavy (non-hydrogen) atoms. The van der Waals surface area contributed by atoms with Gasteiger partial charge in [0.15, 0.2) is 0 Å². The summed E-state index contributed by atoms with van der Waals surface area (Å²) >= 11 is 5.85. The summed E-state index contributed by atoms with van der Waals surface area (Å²) < 4.78 is 7.30. The summed E-state index contributed by atoms with van der Waals surface area (Å²) in [6.07, 6.45) is 5.14. The van der Waals surface area contributed by atoms with E-state index < -0.39 is 0 Å². The Hall–Kier alpha value is -1.36. The molecule has 0 radical (unpaired) electrons. The second kappa shape index (κ2) is 3.34. The normalized spacial score (nSPS) is 16.6. The van der Waals surface area contributed by atoms with Crippen molar-refractivity contribution < 1.29 is 4.74 Å². The molecule has 1 fully saturated rings. The van der Waals surface area contributed by atoms with Gasteiger partial charge >= 0.3 is 0 Å². The van der Waals surface area contributed by atoms with Gasteiger partial charge in [0, 0.05) is 6.07 Å². The van der Waals surface area contributed by atoms with Crippen LogP contribution in [0, 0.1) is 0 Å². The fourth-order valence-electron chi connectivity index (χ4n) is 1.50. The zero-order chi connectivity index (χ0) is 10.3. The van der Waals surface area contributed by atoms with Crippen LogP contribution in [-0.4, -0.2) is 25.7 Å². The van der Waals surface area contributed by atoms with Gasteiger partial charge in [-0.1, -0.05) is 11.6 Å². The lowest BCUT2D eigenvalue weighted by molar-refractivity contribution is 0.111. The van der Waals surface area contributed by atoms with Gasteiger partial charge in [0.2, 0.25) is 5.88 Å². The second-order valence-corrected chi connectivity index (χ2v) is 3.95. The number of ether oxygens (including phenoxy) is 1. The maximum absolute atomic E-state index is 5.85. The lowest BCUT2D eigenvalue weighted by atomic mass is 9.96. The van der Waals surface area contributed by atoms with Crippen molar-refractivity contribution in [2.45, 2.75) is 25.4 Å². The summed E-state index contributed by atoms with van der Waals surface area (Å²) in [5, 5.41) is 4.41. The highest BCUT2D eigenvalue weighted by atomic mass is 35.5. The third kappa shape index (κ3) is 1.52. The van der Waals surface area contributed by atoms with E-state index in [1.54, 1.807) is 10.6 Å². The van der Waals surface area contributed by atoms with Gasteiger partial charge in [0.1, 0.15) is 17.6 Å². The number of aromatic nitrogens is 4. The zero-order valence-corrected chi connectivity index (χ0v) is 8.68. The smallest absolute Gasteiger partial charge is 0.256 e. The molecule has 2 heterocycles. The Morgan fingerprint density at radius 2 is 2.33 bits per heavy atom. The van der Waals surface area contributed by atoms with Crippen LogP contribution < -0.4 is 4.74 Å². The van der Waals surface area contributed by atoms with Gasteiger partial charge in [-0.15, -0.1) is 0 Å². The first kappa shape index (κ1) is 8.91. The molecule has 0 aromatic carbocycles. The minimum atomic E-state index is 0.288. The van der Waals surface area contributed by atoms with Crippen LogP contribution in [0.3, 0.4) is 0 Å². The molecule has 6 heteroatoms. The van der Waals surface area contributed by atoms with E-state index in [0.29, 0.717) is 16.8 Å². The van der Waals surface area contributed by atoms with E-state index in [1.165, 1.54) is 12.7 Å². The molecule has 5 nitrogen and oxygen atoms in total. The van der Waals surface area contributed by atoms with Gasteiger partial charge in [-0.3, -0.25) is 0 Å². The van der Waals surface area contributed by atoms with E-state index in [4.69, 9.17) is 16.3 Å². The van der Waals surface area contributed by atoms with Crippen molar-refractivity contribution in [3.8, 4) is 5.88 Å². The monoisotopic (exact) mass is 224 g/mol. The van der Waals surface area contributed by atoms with Crippen molar-refractivity contribution in [1.29, 1.82) is 0 Å². The average molecular weight is 225 g/mol. The summed E-state index contributed by atoms with van der Waals surface area (Å²) in [7, 11) is 0. The fraction of sp³-hybridized carbons (Fsp3) is 0.444. The number of halogens is 1. The Morgan fingerprint density at radius 3 is 3.07 bits per heavy atom. The van der Waals surface area contributed by atoms with Gasteiger partial charge < -0.3 is 4.74 Å². The van der Waals surface area contributed by atoms with Gasteiger partial charge in [-0.05, 0) is 19.3 Å². The molecule has 0 bridgehead atoms. The van der Waals surface area contributed by atoms with E-state index in [2.05, 4.69) is 15.1 Å². The lowest BCUT2D eigenvalue weighted by Gasteiger charge is -2.26. The summed E-state index contributed by atoms with van der Waals surface area (Å²) in [4.78, 5) is 7.99. The number of fused-ring (bicyclic) bond motifs is 1. The molecule has 0 amide bonds. The Kier molecular flexibility index (Phi) is 1.98. The largest absolute Gasteiger partial charge is 0.474 e. The van der Waals surface area contributed by atoms with Crippen LogP contribution >= 0.6 is 11.6 Å². The molecule has 0 unspecified atom stereocenters. The van der Waals surface area contributed by atoms with Crippen LogP contribution in [0.4, 0.5) is 0 Å². The predicted octanol–water partition coefficient (Wildman–Crippen LogP) is 1.71. The fourth-order valence-corrected chi connectivity index (χ4v) is 1.67. The van der Waals surface area contributed by atoms with Crippen LogP contribution in [0.25, 0.3) is 5.78 Å². The maximum Gasteiger partial charge on any atom is 0.256 e. The molecule has 0 N–H and O–H groups in total. The van der Waals surface area contributed by atoms with E-state index in [0.717, 1.165) is 12.8 Å². The van der Waals surface area contributed by atoms with Crippen molar-refractivity contribution >= 4 is 17.4 Å². The topological polar surface area (TPSA) is 52.3 Å². The molecular formula is C9H9ClN4O. The Morgan fingerprint density at radius 1 is 1.47 bits per heavy atom. The molecule has 3 rings (SSSR count). The Balaban J connectivity index is 2.02. The van der Waals surface area contributed by atoms with Gasteiger partial charge in [-0.2, -0.15) is 19.6 Å². The van der Waals surface area contributed by atoms with Crippen LogP contribution in [0.1, 0.15) is 19.3 Å². The van der Waals surface area contributed by atoms with Crippen LogP contribution in [0.15, 0.2) is 12.4 Å². The molecular weight excluding hydrogens is 216 g/mol. The van der Waals surface area contributed by atoms with E-state index in [1.807, 2.05) is 0 Å². The van der Waals surface area contributed by atoms with Gasteiger partial charge in [-0.25, -0.2) is 0 Å². The average Bonchev–Trinajstić information content (AvgIpc) is 2.58. The molecule has 0 saturated heterocycles. The molecule has 0 aliphatic heterocycles. The van der Waals surface area contributed by atoms with Crippen molar-refractivity contribution in [2.75, 3.05) is 0 Å². The minimum absolute atomic E-state index is 0.288. The van der Waals surface area contributed by atoms with Crippen molar-refractivity contribution in [2.24, 2.45) is 0 Å². The minimum Gasteiger partial charge on any atom is -0.474 e. The van der Waals surface area contributed by atoms with Gasteiger partial charge in [0.05, 0.1) is 0 Å². The first-order valence-corrected chi connectivity index (χ1v) is 5.24. The van der Waals surface area contributed by atoms with Crippen molar-refractivity contribution in [3.05, 3.63) is 17.5 Å². The zero-order valence-electron chi connectivity index (χ0n) is 7.93. The SMILES string of the molecule is Clc1cc(OC2CCC2)n2ncnc2n1. The highest BCUT2D eigenvalue weighted by Crippen LogP contribution is 2.26. The Bertz CT molecular complexity index is 494. The number of nitrogens with zero attached hydrogens (tertiary/aromatic N) is 4. The van der Waals surface area contributed by atoms with Gasteiger partial charge in [0.25, 0.3) is 5.78 Å². The summed E-state index contributed by atoms with van der Waals surface area (Å²) in [6, 6.07) is 1.67. The number of hydrogen-bond donors (Lipinski definition) is 0. The van der Waals surface area contributed by atoms with Crippen molar-refractivity contribution in [1.82, 2.24) is 19.6 Å². The summed E-state index contributed by atoms with van der Waals surface area (Å²) in [5.74, 6) is 1.09. The number of rotatable bonds is 2. The van der Waals surface area contributed by atoms with E-state index in [9.17, 15) is 0 Å². The molecule has 0 atom stereocenters. The van der Waals surface area contributed by atoms with Crippen molar-refractivity contribution in [3.63, 3.8) is 0 Å². The third-order valence-electron chi connectivity index (χ3n) is 2.53. The predicted molar refractivity (Wildman–Crippen MR) is 54.1 cm³/mol. The van der Waals surface area contributed by atoms with Crippen LogP contribution in [-0.2, 0) is 0 Å². The first-order valence-electron chi connectivity index (χ1n) is 4.86. The first-order chi connectivity index (χ1) is 7.33. The molecule has 78 valence electrons. The molecule has 2 aromatic heterocycles. The standard InChI is InChI=1S/C9H9ClN4O/c10-7-4-8(15-6-2-1-3-6)14-9(13-7)11-5-12-14/h4-6H,1-3H2. The Labute approximate surface area is 91.0 Å². The highest BCUT2D eigenvalue weighted by Gasteiger charge is 2.21. The molecule has 1 aliphatic rings. The van der Waals surface area contributed by atoms with E-state index in [-0.39, 0.29) is 6.10 Å². The summed E-state index contributed by atoms with van der Waals surface area (Å²) in [6.45, 7) is 0. The molecule has 0 spiro atoms. The lowest BCUT2D eigenvalue weighted by Crippen LogP contribution is -2.25. The molecule has 1 saturated carbocycles. The molecule has 1 aliphatic carbocycles. The van der Waals surface area contributed by atoms with Crippen LogP contribution in [0.2, 0.25) is 5.15 Å².